The van der Waals surface area contributed by atoms with E-state index >= 15 is 0 Å². The van der Waals surface area contributed by atoms with Crippen LogP contribution >= 0.6 is 51.0 Å². The fraction of sp³-hybridized carbons (Fsp3) is 0.400. The van der Waals surface area contributed by atoms with Crippen LogP contribution in [0.15, 0.2) is 8.91 Å². The molecule has 2 heterocycles. The Balaban J connectivity index is 2.62. The largest absolute Gasteiger partial charge is 0.285 e. The van der Waals surface area contributed by atoms with Crippen molar-refractivity contribution in [3.63, 3.8) is 0 Å². The molecule has 0 bridgehead atoms. The lowest BCUT2D eigenvalue weighted by Crippen LogP contribution is -2.42. The van der Waals surface area contributed by atoms with E-state index in [1.54, 1.807) is 0 Å². The fourth-order valence-corrected chi connectivity index (χ4v) is 4.25. The standard InChI is InChI=1S/C5H4BrClN4O2S3/c1-16(12,13)5(9-4(7)15-11-5)2-8-3(6)14-10-2/h11H,1H3. The number of hydrogen-bond acceptors (Lipinski definition) is 8. The van der Waals surface area contributed by atoms with Crippen LogP contribution in [-0.2, 0) is 14.8 Å². The molecule has 1 aliphatic rings. The monoisotopic (exact) mass is 362 g/mol. The summed E-state index contributed by atoms with van der Waals surface area (Å²) in [6, 6.07) is 0. The second kappa shape index (κ2) is 4.18. The molecule has 0 spiro atoms. The van der Waals surface area contributed by atoms with E-state index in [9.17, 15) is 8.42 Å². The Hall–Kier alpha value is 0.260. The summed E-state index contributed by atoms with van der Waals surface area (Å²) in [6.45, 7) is 0. The van der Waals surface area contributed by atoms with Crippen LogP contribution in [-0.4, -0.2) is 28.5 Å². The zero-order valence-electron chi connectivity index (χ0n) is 7.64. The van der Waals surface area contributed by atoms with Gasteiger partial charge in [0.2, 0.25) is 5.82 Å². The predicted molar refractivity (Wildman–Crippen MR) is 68.1 cm³/mol. The number of rotatable bonds is 2. The maximum absolute atomic E-state index is 11.8. The third-order valence-electron chi connectivity index (χ3n) is 1.76. The summed E-state index contributed by atoms with van der Waals surface area (Å²) in [5.41, 5.74) is 0. The molecule has 1 unspecified atom stereocenters. The number of nitrogens with zero attached hydrogens (tertiary/aromatic N) is 3. The van der Waals surface area contributed by atoms with Crippen LogP contribution in [0.25, 0.3) is 0 Å². The summed E-state index contributed by atoms with van der Waals surface area (Å²) >= 11 is 10.8. The highest BCUT2D eigenvalue weighted by atomic mass is 79.9. The van der Waals surface area contributed by atoms with Gasteiger partial charge in [0, 0.05) is 6.26 Å². The lowest BCUT2D eigenvalue weighted by Gasteiger charge is -2.19. The molecular formula is C5H4BrClN4O2S3. The Kier molecular flexibility index (Phi) is 3.32. The molecule has 0 aliphatic carbocycles. The first-order valence-corrected chi connectivity index (χ1v) is 8.39. The first kappa shape index (κ1) is 12.7. The Morgan fingerprint density at radius 2 is 2.25 bits per heavy atom. The van der Waals surface area contributed by atoms with Gasteiger partial charge in [-0.1, -0.05) is 11.6 Å². The number of nitrogens with one attached hydrogen (secondary N) is 1. The smallest absolute Gasteiger partial charge is 0.225 e. The zero-order valence-corrected chi connectivity index (χ0v) is 12.4. The normalized spacial score (nSPS) is 25.8. The second-order valence-corrected chi connectivity index (χ2v) is 8.40. The third kappa shape index (κ3) is 2.02. The lowest BCUT2D eigenvalue weighted by atomic mass is 10.5. The van der Waals surface area contributed by atoms with Crippen molar-refractivity contribution in [3.8, 4) is 0 Å². The minimum atomic E-state index is -3.58. The molecule has 1 aromatic rings. The fourth-order valence-electron chi connectivity index (χ4n) is 1.04. The first-order valence-electron chi connectivity index (χ1n) is 3.74. The topological polar surface area (TPSA) is 84.3 Å². The van der Waals surface area contributed by atoms with Crippen LogP contribution in [0.5, 0.6) is 0 Å². The maximum Gasteiger partial charge on any atom is 0.285 e. The molecule has 88 valence electrons. The molecule has 0 amide bonds. The van der Waals surface area contributed by atoms with Gasteiger partial charge < -0.3 is 0 Å². The molecule has 1 N–H and O–H groups in total. The molecule has 2 rings (SSSR count). The number of aromatic nitrogens is 2. The lowest BCUT2D eigenvalue weighted by molar-refractivity contribution is 0.517. The van der Waals surface area contributed by atoms with Crippen molar-refractivity contribution in [2.75, 3.05) is 6.26 Å². The highest BCUT2D eigenvalue weighted by Gasteiger charge is 2.50. The summed E-state index contributed by atoms with van der Waals surface area (Å²) in [5, 5.41) is 0. The molecule has 0 saturated carbocycles. The Bertz CT molecular complexity index is 558. The third-order valence-corrected chi connectivity index (χ3v) is 5.43. The number of hydrogen-bond donors (Lipinski definition) is 1. The van der Waals surface area contributed by atoms with Gasteiger partial charge in [-0.2, -0.15) is 4.37 Å². The van der Waals surface area contributed by atoms with E-state index in [2.05, 4.69) is 35.0 Å². The van der Waals surface area contributed by atoms with Crippen LogP contribution in [0.2, 0.25) is 0 Å². The molecular weight excluding hydrogens is 360 g/mol. The maximum atomic E-state index is 11.8. The van der Waals surface area contributed by atoms with Gasteiger partial charge in [-0.05, 0) is 39.4 Å². The summed E-state index contributed by atoms with van der Waals surface area (Å²) in [4.78, 5) is 6.17. The predicted octanol–water partition coefficient (Wildman–Crippen LogP) is 1.30. The molecule has 0 radical (unpaired) electrons. The number of halogens is 2. The second-order valence-electron chi connectivity index (χ2n) is 2.86. The van der Waals surface area contributed by atoms with Crippen LogP contribution in [0.4, 0.5) is 0 Å². The summed E-state index contributed by atoms with van der Waals surface area (Å²) in [7, 11) is -3.58. The molecule has 0 saturated heterocycles. The van der Waals surface area contributed by atoms with Crippen molar-refractivity contribution in [2.24, 2.45) is 4.99 Å². The minimum Gasteiger partial charge on any atom is -0.225 e. The van der Waals surface area contributed by atoms with Gasteiger partial charge in [0.15, 0.2) is 18.3 Å². The van der Waals surface area contributed by atoms with Gasteiger partial charge in [0.25, 0.3) is 4.99 Å². The minimum absolute atomic E-state index is 0.0648. The number of sulfone groups is 1. The molecule has 1 aliphatic heterocycles. The molecule has 6 nitrogen and oxygen atoms in total. The van der Waals surface area contributed by atoms with Gasteiger partial charge in [0.1, 0.15) is 0 Å². The van der Waals surface area contributed by atoms with Crippen molar-refractivity contribution < 1.29 is 8.42 Å². The van der Waals surface area contributed by atoms with Crippen molar-refractivity contribution >= 4 is 65.4 Å². The van der Waals surface area contributed by atoms with E-state index in [4.69, 9.17) is 11.6 Å². The van der Waals surface area contributed by atoms with E-state index in [0.29, 0.717) is 3.92 Å². The van der Waals surface area contributed by atoms with E-state index in [0.717, 1.165) is 29.7 Å². The molecule has 0 aromatic carbocycles. The highest BCUT2D eigenvalue weighted by molar-refractivity contribution is 9.11. The zero-order chi connectivity index (χ0) is 12.0. The van der Waals surface area contributed by atoms with E-state index < -0.39 is 14.8 Å². The number of aliphatic imine (C=N–C) groups is 1. The Morgan fingerprint density at radius 3 is 2.62 bits per heavy atom. The van der Waals surface area contributed by atoms with E-state index in [1.807, 2.05) is 0 Å². The van der Waals surface area contributed by atoms with Gasteiger partial charge >= 0.3 is 0 Å². The van der Waals surface area contributed by atoms with E-state index in [-0.39, 0.29) is 10.3 Å². The summed E-state index contributed by atoms with van der Waals surface area (Å²) < 4.78 is 30.7. The molecule has 16 heavy (non-hydrogen) atoms. The Labute approximate surface area is 113 Å². The van der Waals surface area contributed by atoms with Gasteiger partial charge in [-0.3, -0.25) is 0 Å². The molecule has 11 heteroatoms. The van der Waals surface area contributed by atoms with Crippen molar-refractivity contribution in [2.45, 2.75) is 4.99 Å². The van der Waals surface area contributed by atoms with Gasteiger partial charge in [-0.25, -0.2) is 23.1 Å². The quantitative estimate of drug-likeness (QED) is 0.797. The average Bonchev–Trinajstić information content (AvgIpc) is 2.71. The van der Waals surface area contributed by atoms with Crippen molar-refractivity contribution in [1.82, 2.24) is 14.1 Å². The van der Waals surface area contributed by atoms with Crippen molar-refractivity contribution in [1.29, 1.82) is 0 Å². The molecule has 1 aromatic heterocycles. The summed E-state index contributed by atoms with van der Waals surface area (Å²) in [5.74, 6) is 0.0648. The van der Waals surface area contributed by atoms with Crippen LogP contribution in [0, 0.1) is 0 Å². The van der Waals surface area contributed by atoms with E-state index in [1.165, 1.54) is 0 Å². The summed E-state index contributed by atoms with van der Waals surface area (Å²) in [6.07, 6.45) is 1.05. The van der Waals surface area contributed by atoms with Crippen LogP contribution in [0.3, 0.4) is 0 Å². The average molecular weight is 364 g/mol. The SMILES string of the molecule is CS(=O)(=O)C1(c2nsc(Br)n2)N=C(Cl)SN1. The van der Waals surface area contributed by atoms with Gasteiger partial charge in [-0.15, -0.1) is 0 Å². The highest BCUT2D eigenvalue weighted by Crippen LogP contribution is 2.36. The molecule has 0 fully saturated rings. The van der Waals surface area contributed by atoms with Crippen LogP contribution in [0.1, 0.15) is 5.82 Å². The molecule has 1 atom stereocenters. The van der Waals surface area contributed by atoms with Crippen LogP contribution < -0.4 is 4.72 Å². The van der Waals surface area contributed by atoms with Crippen molar-refractivity contribution in [3.05, 3.63) is 9.74 Å². The Morgan fingerprint density at radius 1 is 1.56 bits per heavy atom. The van der Waals surface area contributed by atoms with Gasteiger partial charge in [0.05, 0.1) is 0 Å². The first-order chi connectivity index (χ1) is 7.35.